The van der Waals surface area contributed by atoms with E-state index in [-0.39, 0.29) is 0 Å². The Balaban J connectivity index is 2.06. The van der Waals surface area contributed by atoms with Crippen molar-refractivity contribution in [1.29, 1.82) is 0 Å². The molecule has 0 saturated carbocycles. The minimum atomic E-state index is 0.985. The van der Waals surface area contributed by atoms with Crippen LogP contribution in [0.2, 0.25) is 0 Å². The highest BCUT2D eigenvalue weighted by molar-refractivity contribution is 7.99. The van der Waals surface area contributed by atoms with E-state index in [0.717, 1.165) is 13.1 Å². The van der Waals surface area contributed by atoms with Crippen LogP contribution in [0, 0.1) is 6.92 Å². The molecule has 3 heteroatoms. The summed E-state index contributed by atoms with van der Waals surface area (Å²) in [6.45, 7) is 8.76. The first-order valence-electron chi connectivity index (χ1n) is 6.44. The monoisotopic (exact) mass is 250 g/mol. The third-order valence-electron chi connectivity index (χ3n) is 3.27. The molecule has 1 heterocycles. The van der Waals surface area contributed by atoms with Crippen LogP contribution in [0.15, 0.2) is 18.2 Å². The summed E-state index contributed by atoms with van der Waals surface area (Å²) in [7, 11) is 0. The van der Waals surface area contributed by atoms with Crippen molar-refractivity contribution >= 4 is 17.4 Å². The summed E-state index contributed by atoms with van der Waals surface area (Å²) >= 11 is 2.06. The molecule has 1 aromatic rings. The van der Waals surface area contributed by atoms with Gasteiger partial charge in [-0.25, -0.2) is 0 Å². The van der Waals surface area contributed by atoms with E-state index >= 15 is 0 Å². The Morgan fingerprint density at radius 3 is 2.71 bits per heavy atom. The Morgan fingerprint density at radius 1 is 1.29 bits per heavy atom. The predicted octanol–water partition coefficient (Wildman–Crippen LogP) is 2.66. The number of hydrogen-bond donors (Lipinski definition) is 1. The number of benzene rings is 1. The third-order valence-corrected chi connectivity index (χ3v) is 4.21. The number of thioether (sulfide) groups is 1. The van der Waals surface area contributed by atoms with Crippen LogP contribution in [0.5, 0.6) is 0 Å². The number of anilines is 1. The zero-order valence-electron chi connectivity index (χ0n) is 10.8. The highest BCUT2D eigenvalue weighted by atomic mass is 32.2. The fourth-order valence-electron chi connectivity index (χ4n) is 2.16. The lowest BCUT2D eigenvalue weighted by Crippen LogP contribution is -2.32. The Labute approximate surface area is 109 Å². The molecule has 94 valence electrons. The molecule has 0 unspecified atom stereocenters. The molecule has 0 bridgehead atoms. The van der Waals surface area contributed by atoms with Crippen LogP contribution in [0.3, 0.4) is 0 Å². The van der Waals surface area contributed by atoms with E-state index in [0.29, 0.717) is 0 Å². The largest absolute Gasteiger partial charge is 0.370 e. The van der Waals surface area contributed by atoms with E-state index in [4.69, 9.17) is 0 Å². The van der Waals surface area contributed by atoms with E-state index in [1.165, 1.54) is 41.4 Å². The topological polar surface area (TPSA) is 15.3 Å². The maximum atomic E-state index is 3.39. The van der Waals surface area contributed by atoms with Crippen molar-refractivity contribution in [3.05, 3.63) is 29.3 Å². The van der Waals surface area contributed by atoms with Gasteiger partial charge < -0.3 is 10.2 Å². The van der Waals surface area contributed by atoms with Gasteiger partial charge in [0.1, 0.15) is 0 Å². The molecule has 1 aliphatic rings. The van der Waals surface area contributed by atoms with Crippen LogP contribution >= 0.6 is 11.8 Å². The quantitative estimate of drug-likeness (QED) is 0.884. The number of nitrogens with one attached hydrogen (secondary N) is 1. The first-order chi connectivity index (χ1) is 8.31. The lowest BCUT2D eigenvalue weighted by molar-refractivity contribution is 0.723. The summed E-state index contributed by atoms with van der Waals surface area (Å²) in [4.78, 5) is 2.50. The van der Waals surface area contributed by atoms with Gasteiger partial charge in [0.05, 0.1) is 0 Å². The fourth-order valence-corrected chi connectivity index (χ4v) is 3.06. The molecule has 1 N–H and O–H groups in total. The fraction of sp³-hybridized carbons (Fsp3) is 0.571. The molecule has 0 aromatic heterocycles. The van der Waals surface area contributed by atoms with Crippen LogP contribution in [0.1, 0.15) is 18.1 Å². The average molecular weight is 250 g/mol. The van der Waals surface area contributed by atoms with Gasteiger partial charge in [-0.3, -0.25) is 0 Å². The number of rotatable bonds is 4. The average Bonchev–Trinajstić information content (AvgIpc) is 2.38. The van der Waals surface area contributed by atoms with Gasteiger partial charge in [0, 0.05) is 36.8 Å². The Morgan fingerprint density at radius 2 is 2.06 bits per heavy atom. The lowest BCUT2D eigenvalue weighted by atomic mass is 10.1. The molecule has 2 nitrogen and oxygen atoms in total. The molecule has 0 amide bonds. The van der Waals surface area contributed by atoms with Crippen molar-refractivity contribution < 1.29 is 0 Å². The van der Waals surface area contributed by atoms with Crippen molar-refractivity contribution in [3.8, 4) is 0 Å². The van der Waals surface area contributed by atoms with Gasteiger partial charge >= 0.3 is 0 Å². The third kappa shape index (κ3) is 3.39. The number of nitrogens with zero attached hydrogens (tertiary/aromatic N) is 1. The molecule has 1 saturated heterocycles. The second-order valence-electron chi connectivity index (χ2n) is 4.49. The normalized spacial score (nSPS) is 16.2. The van der Waals surface area contributed by atoms with Gasteiger partial charge in [-0.1, -0.05) is 13.0 Å². The lowest BCUT2D eigenvalue weighted by Gasteiger charge is -2.29. The highest BCUT2D eigenvalue weighted by Gasteiger charge is 2.11. The van der Waals surface area contributed by atoms with Gasteiger partial charge in [0.25, 0.3) is 0 Å². The molecule has 2 rings (SSSR count). The summed E-state index contributed by atoms with van der Waals surface area (Å²) in [6.07, 6.45) is 0. The maximum absolute atomic E-state index is 3.39. The van der Waals surface area contributed by atoms with Gasteiger partial charge in [-0.2, -0.15) is 11.8 Å². The molecular weight excluding hydrogens is 228 g/mol. The van der Waals surface area contributed by atoms with Gasteiger partial charge in [0.2, 0.25) is 0 Å². The van der Waals surface area contributed by atoms with Gasteiger partial charge in [-0.15, -0.1) is 0 Å². The van der Waals surface area contributed by atoms with E-state index < -0.39 is 0 Å². The molecule has 1 aliphatic heterocycles. The smallest absolute Gasteiger partial charge is 0.0369 e. The maximum Gasteiger partial charge on any atom is 0.0369 e. The molecule has 1 fully saturated rings. The minimum Gasteiger partial charge on any atom is -0.370 e. The number of aryl methyl sites for hydroxylation is 1. The second kappa shape index (κ2) is 6.31. The molecule has 0 spiro atoms. The van der Waals surface area contributed by atoms with E-state index in [1.807, 2.05) is 0 Å². The van der Waals surface area contributed by atoms with Crippen molar-refractivity contribution in [2.75, 3.05) is 36.0 Å². The van der Waals surface area contributed by atoms with Gasteiger partial charge in [-0.05, 0) is 36.7 Å². The summed E-state index contributed by atoms with van der Waals surface area (Å²) in [5.74, 6) is 2.52. The van der Waals surface area contributed by atoms with Gasteiger partial charge in [0.15, 0.2) is 0 Å². The Bertz CT molecular complexity index is 359. The Hall–Kier alpha value is -0.670. The minimum absolute atomic E-state index is 0.985. The van der Waals surface area contributed by atoms with Crippen LogP contribution in [0.25, 0.3) is 0 Å². The van der Waals surface area contributed by atoms with Crippen molar-refractivity contribution in [1.82, 2.24) is 5.32 Å². The summed E-state index contributed by atoms with van der Waals surface area (Å²) in [5, 5.41) is 3.39. The molecule has 0 atom stereocenters. The zero-order valence-corrected chi connectivity index (χ0v) is 11.6. The summed E-state index contributed by atoms with van der Waals surface area (Å²) < 4.78 is 0. The Kier molecular flexibility index (Phi) is 4.75. The molecule has 1 aromatic carbocycles. The first-order valence-corrected chi connectivity index (χ1v) is 7.59. The zero-order chi connectivity index (χ0) is 12.1. The van der Waals surface area contributed by atoms with Crippen molar-refractivity contribution in [2.45, 2.75) is 20.4 Å². The van der Waals surface area contributed by atoms with Crippen molar-refractivity contribution in [2.24, 2.45) is 0 Å². The standard InChI is InChI=1S/C14H22N2S/c1-3-15-11-13-4-5-14(10-12(13)2)16-6-8-17-9-7-16/h4-5,10,15H,3,6-9,11H2,1-2H3. The summed E-state index contributed by atoms with van der Waals surface area (Å²) in [6, 6.07) is 6.88. The van der Waals surface area contributed by atoms with E-state index in [9.17, 15) is 0 Å². The number of hydrogen-bond acceptors (Lipinski definition) is 3. The summed E-state index contributed by atoms with van der Waals surface area (Å²) in [5.41, 5.74) is 4.21. The molecule has 0 radical (unpaired) electrons. The van der Waals surface area contributed by atoms with E-state index in [1.54, 1.807) is 0 Å². The van der Waals surface area contributed by atoms with Crippen molar-refractivity contribution in [3.63, 3.8) is 0 Å². The SMILES string of the molecule is CCNCc1ccc(N2CCSCC2)cc1C. The first kappa shape index (κ1) is 12.8. The van der Waals surface area contributed by atoms with Crippen LogP contribution in [0.4, 0.5) is 5.69 Å². The van der Waals surface area contributed by atoms with Crippen LogP contribution in [-0.2, 0) is 6.54 Å². The molecule has 0 aliphatic carbocycles. The second-order valence-corrected chi connectivity index (χ2v) is 5.72. The molecular formula is C14H22N2S. The van der Waals surface area contributed by atoms with Crippen LogP contribution in [-0.4, -0.2) is 31.1 Å². The highest BCUT2D eigenvalue weighted by Crippen LogP contribution is 2.22. The van der Waals surface area contributed by atoms with E-state index in [2.05, 4.69) is 54.0 Å². The van der Waals surface area contributed by atoms with Crippen LogP contribution < -0.4 is 10.2 Å². The predicted molar refractivity (Wildman–Crippen MR) is 78.1 cm³/mol. The molecule has 17 heavy (non-hydrogen) atoms.